The van der Waals surface area contributed by atoms with Gasteiger partial charge < -0.3 is 29.0 Å². The van der Waals surface area contributed by atoms with Crippen LogP contribution < -0.4 is 10.8 Å². The number of nitrogens with one attached hydrogen (secondary N) is 1. The number of nitrogens with zero attached hydrogens (tertiary/aromatic N) is 4. The summed E-state index contributed by atoms with van der Waals surface area (Å²) in [4.78, 5) is 37.2. The van der Waals surface area contributed by atoms with Crippen molar-refractivity contribution in [2.75, 3.05) is 25.3 Å². The summed E-state index contributed by atoms with van der Waals surface area (Å²) in [5.41, 5.74) is 5.47. The van der Waals surface area contributed by atoms with Crippen LogP contribution in [0.5, 0.6) is 0 Å². The Hall–Kier alpha value is -2.60. The van der Waals surface area contributed by atoms with Gasteiger partial charge in [-0.25, -0.2) is 24.8 Å². The van der Waals surface area contributed by atoms with Gasteiger partial charge in [0.25, 0.3) is 7.52 Å². The number of unbranched alkanes of at least 4 members (excludes halogenated alkanes) is 3. The number of fused-ring (bicyclic) bond motifs is 1. The van der Waals surface area contributed by atoms with Crippen LogP contribution in [-0.2, 0) is 39.4 Å². The molecule has 0 saturated heterocycles. The second-order valence-electron chi connectivity index (χ2n) is 9.85. The maximum absolute atomic E-state index is 13.8. The van der Waals surface area contributed by atoms with Crippen molar-refractivity contribution >= 4 is 36.4 Å². The van der Waals surface area contributed by atoms with Crippen LogP contribution in [0, 0.1) is 0 Å². The molecule has 38 heavy (non-hydrogen) atoms. The lowest BCUT2D eigenvalue weighted by Gasteiger charge is -2.30. The van der Waals surface area contributed by atoms with E-state index in [2.05, 4.69) is 27.0 Å². The van der Waals surface area contributed by atoms with E-state index in [1.807, 2.05) is 0 Å². The van der Waals surface area contributed by atoms with Crippen molar-refractivity contribution in [1.82, 2.24) is 24.6 Å². The van der Waals surface area contributed by atoms with Gasteiger partial charge in [0.05, 0.1) is 31.7 Å². The molecule has 14 heteroatoms. The summed E-state index contributed by atoms with van der Waals surface area (Å²) < 4.78 is 37.3. The van der Waals surface area contributed by atoms with Crippen molar-refractivity contribution < 1.29 is 32.9 Å². The van der Waals surface area contributed by atoms with Crippen LogP contribution in [0.2, 0.25) is 0 Å². The van der Waals surface area contributed by atoms with Crippen LogP contribution >= 0.6 is 7.52 Å². The number of ether oxygens (including phenoxy) is 3. The minimum absolute atomic E-state index is 0.260. The van der Waals surface area contributed by atoms with Crippen molar-refractivity contribution in [3.8, 4) is 0 Å². The van der Waals surface area contributed by atoms with E-state index < -0.39 is 44.1 Å². The Morgan fingerprint density at radius 2 is 1.89 bits per heavy atom. The Bertz CT molecular complexity index is 1110. The number of hydrogen-bond donors (Lipinski definition) is 2. The highest BCUT2D eigenvalue weighted by Crippen LogP contribution is 2.45. The van der Waals surface area contributed by atoms with Crippen molar-refractivity contribution in [2.45, 2.75) is 91.5 Å². The lowest BCUT2D eigenvalue weighted by Crippen LogP contribution is -2.47. The number of hydrogen-bond acceptors (Lipinski definition) is 11. The Balaban J connectivity index is 2.06. The van der Waals surface area contributed by atoms with E-state index in [-0.39, 0.29) is 18.5 Å². The van der Waals surface area contributed by atoms with Crippen LogP contribution in [0.3, 0.4) is 0 Å². The molecule has 2 rings (SSSR count). The number of nitrogens with two attached hydrogens (primary N) is 1. The number of aromatic nitrogens is 4. The quantitative estimate of drug-likeness (QED) is 0.166. The first-order valence-electron chi connectivity index (χ1n) is 12.8. The zero-order valence-electron chi connectivity index (χ0n) is 23.1. The van der Waals surface area contributed by atoms with E-state index in [0.29, 0.717) is 17.7 Å². The van der Waals surface area contributed by atoms with Crippen molar-refractivity contribution in [3.05, 3.63) is 12.7 Å². The van der Waals surface area contributed by atoms with Crippen LogP contribution in [-0.4, -0.2) is 68.8 Å². The van der Waals surface area contributed by atoms with Gasteiger partial charge in [-0.2, -0.15) is 0 Å². The van der Waals surface area contributed by atoms with Gasteiger partial charge in [0, 0.05) is 0 Å². The molecule has 1 unspecified atom stereocenters. The summed E-state index contributed by atoms with van der Waals surface area (Å²) in [6.45, 7) is 10.3. The van der Waals surface area contributed by atoms with Gasteiger partial charge in [-0.15, -0.1) is 0 Å². The second kappa shape index (κ2) is 14.5. The van der Waals surface area contributed by atoms with E-state index in [1.165, 1.54) is 20.2 Å². The van der Waals surface area contributed by atoms with E-state index in [0.717, 1.165) is 25.7 Å². The highest BCUT2D eigenvalue weighted by Gasteiger charge is 2.39. The predicted octanol–water partition coefficient (Wildman–Crippen LogP) is 3.42. The van der Waals surface area contributed by atoms with Gasteiger partial charge in [0.1, 0.15) is 23.7 Å². The van der Waals surface area contributed by atoms with Crippen molar-refractivity contribution in [2.24, 2.45) is 0 Å². The second-order valence-corrected chi connectivity index (χ2v) is 11.9. The van der Waals surface area contributed by atoms with Crippen LogP contribution in [0.1, 0.15) is 67.2 Å². The fraction of sp³-hybridized carbons (Fsp3) is 0.708. The first-order chi connectivity index (χ1) is 17.9. The highest BCUT2D eigenvalue weighted by molar-refractivity contribution is 7.56. The Labute approximate surface area is 223 Å². The number of anilines is 1. The molecule has 0 radical (unpaired) electrons. The van der Waals surface area contributed by atoms with E-state index >= 15 is 0 Å². The molecule has 2 atom stereocenters. The lowest BCUT2D eigenvalue weighted by atomic mass is 10.1. The molecule has 2 heterocycles. The normalized spacial score (nSPS) is 14.4. The number of imidazole rings is 1. The van der Waals surface area contributed by atoms with Gasteiger partial charge >= 0.3 is 11.9 Å². The standard InChI is InChI=1S/C24H41N6O7P/c1-7-8-9-10-11-34-23(32)24(5,6)29-38(33,36-13-19(31)37-17(2)3)16-35-18(4)12-30-15-28-20-21(25)26-14-27-22(20)30/h14-15,17-18H,7-13,16H2,1-6H3,(H,29,33)(H2,25,26,27)/t18-,38?/m1/s1. The maximum atomic E-state index is 13.8. The molecule has 0 aromatic carbocycles. The topological polar surface area (TPSA) is 170 Å². The molecular formula is C24H41N6O7P. The first kappa shape index (κ1) is 31.6. The van der Waals surface area contributed by atoms with E-state index in [9.17, 15) is 14.2 Å². The molecule has 0 amide bonds. The fourth-order valence-electron chi connectivity index (χ4n) is 3.49. The molecular weight excluding hydrogens is 515 g/mol. The average molecular weight is 557 g/mol. The molecule has 3 N–H and O–H groups in total. The van der Waals surface area contributed by atoms with Crippen LogP contribution in [0.4, 0.5) is 5.82 Å². The molecule has 214 valence electrons. The van der Waals surface area contributed by atoms with Gasteiger partial charge in [0.15, 0.2) is 18.1 Å². The summed E-state index contributed by atoms with van der Waals surface area (Å²) in [6.07, 6.45) is 5.46. The van der Waals surface area contributed by atoms with E-state index in [4.69, 9.17) is 24.5 Å². The molecule has 0 spiro atoms. The van der Waals surface area contributed by atoms with E-state index in [1.54, 1.807) is 31.7 Å². The third kappa shape index (κ3) is 9.94. The van der Waals surface area contributed by atoms with Gasteiger partial charge in [-0.1, -0.05) is 26.2 Å². The molecule has 0 aliphatic heterocycles. The van der Waals surface area contributed by atoms with Crippen molar-refractivity contribution in [1.29, 1.82) is 0 Å². The summed E-state index contributed by atoms with van der Waals surface area (Å²) in [5, 5.41) is 2.75. The molecule has 13 nitrogen and oxygen atoms in total. The first-order valence-corrected chi connectivity index (χ1v) is 14.6. The number of nitrogen functional groups attached to an aromatic ring is 1. The summed E-state index contributed by atoms with van der Waals surface area (Å²) in [6, 6.07) is 0. The SMILES string of the molecule is CCCCCCOC(=O)C(C)(C)NP(=O)(CO[C@H](C)Cn1cnc2c(N)ncnc21)OCC(=O)OC(C)C. The summed E-state index contributed by atoms with van der Waals surface area (Å²) in [7, 11) is -3.89. The average Bonchev–Trinajstić information content (AvgIpc) is 3.24. The largest absolute Gasteiger partial charge is 0.464 e. The van der Waals surface area contributed by atoms with Crippen LogP contribution in [0.25, 0.3) is 11.2 Å². The minimum Gasteiger partial charge on any atom is -0.464 e. The smallest absolute Gasteiger partial charge is 0.332 e. The van der Waals surface area contributed by atoms with Crippen LogP contribution in [0.15, 0.2) is 12.7 Å². The zero-order chi connectivity index (χ0) is 28.3. The Kier molecular flexibility index (Phi) is 12.1. The fourth-order valence-corrected chi connectivity index (χ4v) is 5.40. The summed E-state index contributed by atoms with van der Waals surface area (Å²) >= 11 is 0. The maximum Gasteiger partial charge on any atom is 0.332 e. The number of rotatable bonds is 17. The third-order valence-electron chi connectivity index (χ3n) is 5.36. The molecule has 0 fully saturated rings. The van der Waals surface area contributed by atoms with Crippen molar-refractivity contribution in [3.63, 3.8) is 0 Å². The Morgan fingerprint density at radius 1 is 1.16 bits per heavy atom. The summed E-state index contributed by atoms with van der Waals surface area (Å²) in [5.74, 6) is -1.01. The third-order valence-corrected chi connectivity index (χ3v) is 7.30. The molecule has 0 bridgehead atoms. The molecule has 0 aliphatic carbocycles. The Morgan fingerprint density at radius 3 is 2.58 bits per heavy atom. The van der Waals surface area contributed by atoms with Gasteiger partial charge in [0.2, 0.25) is 0 Å². The number of esters is 2. The molecule has 2 aromatic rings. The molecule has 0 aliphatic rings. The minimum atomic E-state index is -3.89. The van der Waals surface area contributed by atoms with Gasteiger partial charge in [-0.05, 0) is 41.0 Å². The molecule has 0 saturated carbocycles. The van der Waals surface area contributed by atoms with Gasteiger partial charge in [-0.3, -0.25) is 9.36 Å². The molecule has 2 aromatic heterocycles. The highest BCUT2D eigenvalue weighted by atomic mass is 31.2. The lowest BCUT2D eigenvalue weighted by molar-refractivity contribution is -0.149. The zero-order valence-corrected chi connectivity index (χ0v) is 24.0. The monoisotopic (exact) mass is 556 g/mol. The predicted molar refractivity (Wildman–Crippen MR) is 142 cm³/mol. The number of carbonyl (C=O) groups is 2. The number of carbonyl (C=O) groups excluding carboxylic acids is 2.